The molecule has 16 heavy (non-hydrogen) atoms. The number of carbonyl (C=O) groups excluding carboxylic acids is 1. The molecule has 0 aromatic heterocycles. The maximum Gasteiger partial charge on any atom is 0.223 e. The molecule has 4 unspecified atom stereocenters. The normalized spacial score (nSPS) is 29.5. The summed E-state index contributed by atoms with van der Waals surface area (Å²) in [5.74, 6) is 0.902. The zero-order valence-corrected chi connectivity index (χ0v) is 10.8. The summed E-state index contributed by atoms with van der Waals surface area (Å²) in [5, 5.41) is 3.13. The van der Waals surface area contributed by atoms with Crippen LogP contribution in [0.3, 0.4) is 0 Å². The molecule has 0 radical (unpaired) electrons. The fourth-order valence-corrected chi connectivity index (χ4v) is 2.30. The Kier molecular flexibility index (Phi) is 5.26. The van der Waals surface area contributed by atoms with E-state index in [2.05, 4.69) is 26.1 Å². The summed E-state index contributed by atoms with van der Waals surface area (Å²) in [5.41, 5.74) is 5.90. The molecule has 3 N–H and O–H groups in total. The molecule has 0 aromatic carbocycles. The van der Waals surface area contributed by atoms with Crippen molar-refractivity contribution in [2.75, 3.05) is 0 Å². The summed E-state index contributed by atoms with van der Waals surface area (Å²) < 4.78 is 0. The minimum absolute atomic E-state index is 0.148. The highest BCUT2D eigenvalue weighted by Crippen LogP contribution is 2.23. The monoisotopic (exact) mass is 226 g/mol. The second-order valence-corrected chi connectivity index (χ2v) is 5.31. The van der Waals surface area contributed by atoms with Crippen LogP contribution in [0.4, 0.5) is 0 Å². The van der Waals surface area contributed by atoms with Crippen LogP contribution >= 0.6 is 0 Å². The van der Waals surface area contributed by atoms with Gasteiger partial charge >= 0.3 is 0 Å². The summed E-state index contributed by atoms with van der Waals surface area (Å²) in [6.45, 7) is 6.43. The van der Waals surface area contributed by atoms with Gasteiger partial charge in [-0.15, -0.1) is 0 Å². The van der Waals surface area contributed by atoms with Gasteiger partial charge in [0.15, 0.2) is 0 Å². The fourth-order valence-electron chi connectivity index (χ4n) is 2.30. The van der Waals surface area contributed by atoms with Gasteiger partial charge in [0.1, 0.15) is 0 Å². The van der Waals surface area contributed by atoms with E-state index in [1.807, 2.05) is 0 Å². The molecule has 0 saturated heterocycles. The summed E-state index contributed by atoms with van der Waals surface area (Å²) in [6, 6.07) is 0.499. The SMILES string of the molecule is CCC(C)C(C)NC(=O)C1CCCC(N)C1. The fraction of sp³-hybridized carbons (Fsp3) is 0.923. The summed E-state index contributed by atoms with van der Waals surface area (Å²) >= 11 is 0. The zero-order valence-electron chi connectivity index (χ0n) is 10.8. The van der Waals surface area contributed by atoms with Crippen molar-refractivity contribution in [3.05, 3.63) is 0 Å². The van der Waals surface area contributed by atoms with Crippen molar-refractivity contribution in [2.45, 2.75) is 65.0 Å². The van der Waals surface area contributed by atoms with Gasteiger partial charge in [-0.25, -0.2) is 0 Å². The van der Waals surface area contributed by atoms with Crippen molar-refractivity contribution in [1.29, 1.82) is 0 Å². The lowest BCUT2D eigenvalue weighted by molar-refractivity contribution is -0.127. The second-order valence-electron chi connectivity index (χ2n) is 5.31. The number of nitrogens with two attached hydrogens (primary N) is 1. The van der Waals surface area contributed by atoms with Gasteiger partial charge in [-0.05, 0) is 32.1 Å². The van der Waals surface area contributed by atoms with E-state index in [0.29, 0.717) is 5.92 Å². The third-order valence-corrected chi connectivity index (χ3v) is 3.95. The molecule has 1 rings (SSSR count). The quantitative estimate of drug-likeness (QED) is 0.771. The van der Waals surface area contributed by atoms with E-state index >= 15 is 0 Å². The number of amides is 1. The Labute approximate surface area is 99.2 Å². The molecule has 1 aliphatic rings. The molecule has 1 aliphatic carbocycles. The molecule has 0 aliphatic heterocycles. The average molecular weight is 226 g/mol. The number of hydrogen-bond acceptors (Lipinski definition) is 2. The maximum atomic E-state index is 12.0. The Hall–Kier alpha value is -0.570. The predicted octanol–water partition coefficient (Wildman–Crippen LogP) is 2.05. The van der Waals surface area contributed by atoms with Gasteiger partial charge in [0.25, 0.3) is 0 Å². The van der Waals surface area contributed by atoms with Crippen LogP contribution in [0.5, 0.6) is 0 Å². The summed E-state index contributed by atoms with van der Waals surface area (Å²) in [7, 11) is 0. The van der Waals surface area contributed by atoms with Crippen molar-refractivity contribution in [3.8, 4) is 0 Å². The van der Waals surface area contributed by atoms with E-state index in [9.17, 15) is 4.79 Å². The van der Waals surface area contributed by atoms with Gasteiger partial charge in [0.05, 0.1) is 0 Å². The van der Waals surface area contributed by atoms with Crippen LogP contribution < -0.4 is 11.1 Å². The molecule has 4 atom stereocenters. The Bertz CT molecular complexity index is 230. The summed E-state index contributed by atoms with van der Waals surface area (Å²) in [4.78, 5) is 12.0. The van der Waals surface area contributed by atoms with Crippen LogP contribution in [0.2, 0.25) is 0 Å². The topological polar surface area (TPSA) is 55.1 Å². The van der Waals surface area contributed by atoms with Gasteiger partial charge in [-0.2, -0.15) is 0 Å². The van der Waals surface area contributed by atoms with Gasteiger partial charge in [-0.3, -0.25) is 4.79 Å². The lowest BCUT2D eigenvalue weighted by Gasteiger charge is -2.28. The van der Waals surface area contributed by atoms with E-state index < -0.39 is 0 Å². The van der Waals surface area contributed by atoms with Crippen LogP contribution in [0.1, 0.15) is 52.9 Å². The molecular weight excluding hydrogens is 200 g/mol. The Morgan fingerprint density at radius 1 is 1.44 bits per heavy atom. The van der Waals surface area contributed by atoms with Crippen molar-refractivity contribution in [1.82, 2.24) is 5.32 Å². The highest BCUT2D eigenvalue weighted by atomic mass is 16.1. The predicted molar refractivity (Wildman–Crippen MR) is 67.0 cm³/mol. The average Bonchev–Trinajstić information content (AvgIpc) is 2.27. The van der Waals surface area contributed by atoms with Crippen LogP contribution in [0.15, 0.2) is 0 Å². The zero-order chi connectivity index (χ0) is 12.1. The first kappa shape index (κ1) is 13.5. The van der Waals surface area contributed by atoms with Crippen LogP contribution in [0, 0.1) is 11.8 Å². The van der Waals surface area contributed by atoms with Gasteiger partial charge in [0, 0.05) is 18.0 Å². The second kappa shape index (κ2) is 6.24. The van der Waals surface area contributed by atoms with Crippen LogP contribution in [-0.2, 0) is 4.79 Å². The van der Waals surface area contributed by atoms with Gasteiger partial charge in [-0.1, -0.05) is 26.7 Å². The standard InChI is InChI=1S/C13H26N2O/c1-4-9(2)10(3)15-13(16)11-6-5-7-12(14)8-11/h9-12H,4-8,14H2,1-3H3,(H,15,16). The summed E-state index contributed by atoms with van der Waals surface area (Å²) in [6.07, 6.45) is 5.14. The lowest BCUT2D eigenvalue weighted by atomic mass is 9.85. The molecule has 3 nitrogen and oxygen atoms in total. The van der Waals surface area contributed by atoms with Crippen molar-refractivity contribution >= 4 is 5.91 Å². The molecule has 0 aromatic rings. The highest BCUT2D eigenvalue weighted by Gasteiger charge is 2.26. The first-order valence-corrected chi connectivity index (χ1v) is 6.60. The van der Waals surface area contributed by atoms with Gasteiger partial charge in [0.2, 0.25) is 5.91 Å². The lowest BCUT2D eigenvalue weighted by Crippen LogP contribution is -2.43. The van der Waals surface area contributed by atoms with Crippen LogP contribution in [-0.4, -0.2) is 18.0 Å². The molecule has 0 bridgehead atoms. The molecule has 94 valence electrons. The molecule has 0 spiro atoms. The van der Waals surface area contributed by atoms with E-state index in [-0.39, 0.29) is 23.9 Å². The number of hydrogen-bond donors (Lipinski definition) is 2. The first-order chi connectivity index (χ1) is 7.54. The van der Waals surface area contributed by atoms with Crippen molar-refractivity contribution in [3.63, 3.8) is 0 Å². The largest absolute Gasteiger partial charge is 0.353 e. The van der Waals surface area contributed by atoms with Gasteiger partial charge < -0.3 is 11.1 Å². The van der Waals surface area contributed by atoms with Crippen LogP contribution in [0.25, 0.3) is 0 Å². The molecule has 0 heterocycles. The molecule has 3 heteroatoms. The number of rotatable bonds is 4. The minimum atomic E-state index is 0.148. The molecule has 1 saturated carbocycles. The maximum absolute atomic E-state index is 12.0. The smallest absolute Gasteiger partial charge is 0.223 e. The van der Waals surface area contributed by atoms with E-state index in [4.69, 9.17) is 5.73 Å². The Morgan fingerprint density at radius 3 is 2.69 bits per heavy atom. The molecular formula is C13H26N2O. The van der Waals surface area contributed by atoms with E-state index in [1.165, 1.54) is 0 Å². The van der Waals surface area contributed by atoms with Crippen molar-refractivity contribution in [2.24, 2.45) is 17.6 Å². The van der Waals surface area contributed by atoms with E-state index in [1.54, 1.807) is 0 Å². The van der Waals surface area contributed by atoms with E-state index in [0.717, 1.165) is 32.1 Å². The molecule has 1 amide bonds. The van der Waals surface area contributed by atoms with Crippen molar-refractivity contribution < 1.29 is 4.79 Å². The number of carbonyl (C=O) groups is 1. The third kappa shape index (κ3) is 3.78. The number of nitrogens with one attached hydrogen (secondary N) is 1. The molecule has 1 fully saturated rings. The Morgan fingerprint density at radius 2 is 2.12 bits per heavy atom. The Balaban J connectivity index is 2.39. The highest BCUT2D eigenvalue weighted by molar-refractivity contribution is 5.79. The minimum Gasteiger partial charge on any atom is -0.353 e. The first-order valence-electron chi connectivity index (χ1n) is 6.60. The third-order valence-electron chi connectivity index (χ3n) is 3.95.